The molecule has 0 atom stereocenters. The summed E-state index contributed by atoms with van der Waals surface area (Å²) in [5.41, 5.74) is 2.32. The molecule has 2 amide bonds. The Morgan fingerprint density at radius 3 is 2.62 bits per heavy atom. The monoisotopic (exact) mass is 407 g/mol. The highest BCUT2D eigenvalue weighted by Crippen LogP contribution is 2.29. The highest BCUT2D eigenvalue weighted by molar-refractivity contribution is 7.15. The lowest BCUT2D eigenvalue weighted by atomic mass is 10.1. The Balaban J connectivity index is 1.39. The maximum Gasteiger partial charge on any atom is 0.254 e. The van der Waals surface area contributed by atoms with Gasteiger partial charge in [0.25, 0.3) is 5.91 Å². The van der Waals surface area contributed by atoms with Crippen LogP contribution in [0.4, 0.5) is 9.52 Å². The van der Waals surface area contributed by atoms with Gasteiger partial charge in [0, 0.05) is 29.5 Å². The molecule has 2 aromatic carbocycles. The largest absolute Gasteiger partial charge is 0.333 e. The van der Waals surface area contributed by atoms with Gasteiger partial charge in [-0.15, -0.1) is 0 Å². The quantitative estimate of drug-likeness (QED) is 0.662. The fraction of sp³-hybridized carbons (Fsp3) is 0.136. The Kier molecular flexibility index (Phi) is 5.48. The van der Waals surface area contributed by atoms with Gasteiger partial charge >= 0.3 is 0 Å². The van der Waals surface area contributed by atoms with Crippen molar-refractivity contribution in [2.45, 2.75) is 13.0 Å². The summed E-state index contributed by atoms with van der Waals surface area (Å²) in [4.78, 5) is 32.1. The molecule has 29 heavy (non-hydrogen) atoms. The average Bonchev–Trinajstić information content (AvgIpc) is 3.14. The van der Waals surface area contributed by atoms with Crippen LogP contribution in [0.5, 0.6) is 0 Å². The number of fused-ring (bicyclic) bond motifs is 1. The molecule has 1 aromatic heterocycles. The van der Waals surface area contributed by atoms with Crippen molar-refractivity contribution in [1.82, 2.24) is 9.88 Å². The zero-order valence-corrected chi connectivity index (χ0v) is 16.3. The summed E-state index contributed by atoms with van der Waals surface area (Å²) < 4.78 is 12.9. The van der Waals surface area contributed by atoms with Crippen molar-refractivity contribution in [2.24, 2.45) is 0 Å². The minimum Gasteiger partial charge on any atom is -0.333 e. The van der Waals surface area contributed by atoms with E-state index in [2.05, 4.69) is 10.3 Å². The Labute approximate surface area is 171 Å². The zero-order chi connectivity index (χ0) is 20.2. The van der Waals surface area contributed by atoms with Crippen LogP contribution in [0.1, 0.15) is 26.5 Å². The molecule has 0 fully saturated rings. The first-order valence-electron chi connectivity index (χ1n) is 9.16. The Morgan fingerprint density at radius 1 is 1.10 bits per heavy atom. The minimum absolute atomic E-state index is 0.00235. The van der Waals surface area contributed by atoms with Crippen LogP contribution in [0.3, 0.4) is 0 Å². The molecule has 0 unspecified atom stereocenters. The molecular weight excluding hydrogens is 389 g/mol. The normalized spacial score (nSPS) is 13.3. The molecule has 0 saturated heterocycles. The van der Waals surface area contributed by atoms with Gasteiger partial charge in [-0.25, -0.2) is 9.37 Å². The summed E-state index contributed by atoms with van der Waals surface area (Å²) in [5, 5.41) is 3.27. The highest BCUT2D eigenvalue weighted by atomic mass is 32.1. The second-order valence-corrected chi connectivity index (χ2v) is 7.69. The number of hydrogen-bond acceptors (Lipinski definition) is 4. The fourth-order valence-electron chi connectivity index (χ4n) is 3.08. The third kappa shape index (κ3) is 4.57. The zero-order valence-electron chi connectivity index (χ0n) is 15.5. The number of nitrogens with zero attached hydrogens (tertiary/aromatic N) is 2. The lowest BCUT2D eigenvalue weighted by Crippen LogP contribution is -2.35. The maximum absolute atomic E-state index is 12.9. The standard InChI is InChI=1S/C22H18FN3O2S/c23-17-9-6-15(7-10-17)8-11-20(27)25-22-24-18-12-13-26(14-19(18)29-22)21(28)16-4-2-1-3-5-16/h1-11H,12-14H2,(H,24,25,27)/b11-8+. The summed E-state index contributed by atoms with van der Waals surface area (Å²) >= 11 is 1.38. The van der Waals surface area contributed by atoms with E-state index >= 15 is 0 Å². The molecule has 0 radical (unpaired) electrons. The third-order valence-corrected chi connectivity index (χ3v) is 5.56. The number of anilines is 1. The molecule has 1 N–H and O–H groups in total. The van der Waals surface area contributed by atoms with Gasteiger partial charge < -0.3 is 4.90 Å². The molecule has 3 aromatic rings. The third-order valence-electron chi connectivity index (χ3n) is 4.57. The van der Waals surface area contributed by atoms with Crippen LogP contribution in [-0.2, 0) is 17.8 Å². The molecule has 0 bridgehead atoms. The molecule has 146 valence electrons. The van der Waals surface area contributed by atoms with Crippen molar-refractivity contribution in [3.8, 4) is 0 Å². The van der Waals surface area contributed by atoms with Crippen LogP contribution in [0.25, 0.3) is 6.08 Å². The van der Waals surface area contributed by atoms with Crippen molar-refractivity contribution in [3.63, 3.8) is 0 Å². The van der Waals surface area contributed by atoms with E-state index in [0.717, 1.165) is 16.1 Å². The molecule has 2 heterocycles. The first kappa shape index (κ1) is 19.0. The summed E-state index contributed by atoms with van der Waals surface area (Å²) in [7, 11) is 0. The Bertz CT molecular complexity index is 1060. The number of nitrogens with one attached hydrogen (secondary N) is 1. The van der Waals surface area contributed by atoms with Crippen LogP contribution >= 0.6 is 11.3 Å². The second kappa shape index (κ2) is 8.36. The van der Waals surface area contributed by atoms with E-state index in [-0.39, 0.29) is 17.6 Å². The molecule has 0 saturated carbocycles. The molecule has 5 nitrogen and oxygen atoms in total. The Morgan fingerprint density at radius 2 is 1.86 bits per heavy atom. The number of carbonyl (C=O) groups excluding carboxylic acids is 2. The number of carbonyl (C=O) groups is 2. The smallest absolute Gasteiger partial charge is 0.254 e. The van der Waals surface area contributed by atoms with E-state index in [1.54, 1.807) is 23.1 Å². The van der Waals surface area contributed by atoms with Crippen molar-refractivity contribution >= 4 is 34.4 Å². The van der Waals surface area contributed by atoms with Gasteiger partial charge in [-0.05, 0) is 35.9 Å². The van der Waals surface area contributed by atoms with E-state index in [0.29, 0.717) is 30.2 Å². The van der Waals surface area contributed by atoms with E-state index < -0.39 is 0 Å². The van der Waals surface area contributed by atoms with E-state index in [9.17, 15) is 14.0 Å². The maximum atomic E-state index is 12.9. The number of hydrogen-bond donors (Lipinski definition) is 1. The highest BCUT2D eigenvalue weighted by Gasteiger charge is 2.25. The van der Waals surface area contributed by atoms with Gasteiger partial charge in [0.2, 0.25) is 5.91 Å². The second-order valence-electron chi connectivity index (χ2n) is 6.61. The molecule has 1 aliphatic heterocycles. The number of aromatic nitrogens is 1. The van der Waals surface area contributed by atoms with Crippen molar-refractivity contribution in [2.75, 3.05) is 11.9 Å². The fourth-order valence-corrected chi connectivity index (χ4v) is 4.11. The van der Waals surface area contributed by atoms with Gasteiger partial charge in [-0.1, -0.05) is 41.7 Å². The SMILES string of the molecule is O=C(/C=C/c1ccc(F)cc1)Nc1nc2c(s1)CN(C(=O)c1ccccc1)CC2. The molecule has 1 aliphatic rings. The van der Waals surface area contributed by atoms with E-state index in [1.165, 1.54) is 29.5 Å². The van der Waals surface area contributed by atoms with Gasteiger partial charge in [0.05, 0.1) is 12.2 Å². The van der Waals surface area contributed by atoms with Gasteiger partial charge in [-0.2, -0.15) is 0 Å². The van der Waals surface area contributed by atoms with Crippen molar-refractivity contribution in [3.05, 3.63) is 88.2 Å². The molecule has 4 rings (SSSR count). The van der Waals surface area contributed by atoms with Crippen LogP contribution in [-0.4, -0.2) is 28.2 Å². The summed E-state index contributed by atoms with van der Waals surface area (Å²) in [6.45, 7) is 1.09. The minimum atomic E-state index is -0.320. The predicted octanol–water partition coefficient (Wildman–Crippen LogP) is 4.13. The van der Waals surface area contributed by atoms with Crippen LogP contribution in [0.15, 0.2) is 60.7 Å². The van der Waals surface area contributed by atoms with Crippen LogP contribution in [0, 0.1) is 5.82 Å². The van der Waals surface area contributed by atoms with E-state index in [1.807, 2.05) is 30.3 Å². The van der Waals surface area contributed by atoms with Crippen molar-refractivity contribution in [1.29, 1.82) is 0 Å². The van der Waals surface area contributed by atoms with Gasteiger partial charge in [-0.3, -0.25) is 14.9 Å². The molecule has 0 spiro atoms. The van der Waals surface area contributed by atoms with Crippen LogP contribution in [0.2, 0.25) is 0 Å². The molecule has 0 aliphatic carbocycles. The topological polar surface area (TPSA) is 62.3 Å². The lowest BCUT2D eigenvalue weighted by molar-refractivity contribution is -0.111. The van der Waals surface area contributed by atoms with Gasteiger partial charge in [0.15, 0.2) is 5.13 Å². The number of rotatable bonds is 4. The van der Waals surface area contributed by atoms with Gasteiger partial charge in [0.1, 0.15) is 5.82 Å². The Hall–Kier alpha value is -3.32. The first-order valence-corrected chi connectivity index (χ1v) is 9.98. The van der Waals surface area contributed by atoms with Crippen molar-refractivity contribution < 1.29 is 14.0 Å². The summed E-state index contributed by atoms with van der Waals surface area (Å²) in [6, 6.07) is 15.1. The summed E-state index contributed by atoms with van der Waals surface area (Å²) in [6.07, 6.45) is 3.66. The van der Waals surface area contributed by atoms with E-state index in [4.69, 9.17) is 0 Å². The predicted molar refractivity (Wildman–Crippen MR) is 111 cm³/mol. The number of halogens is 1. The molecule has 7 heteroatoms. The lowest BCUT2D eigenvalue weighted by Gasteiger charge is -2.26. The average molecular weight is 407 g/mol. The first-order chi connectivity index (χ1) is 14.1. The number of thiazole rings is 1. The summed E-state index contributed by atoms with van der Waals surface area (Å²) in [5.74, 6) is -0.630. The number of benzene rings is 2. The molecular formula is C22H18FN3O2S. The van der Waals surface area contributed by atoms with Crippen LogP contribution < -0.4 is 5.32 Å². The number of amides is 2.